The van der Waals surface area contributed by atoms with Crippen molar-refractivity contribution in [2.75, 3.05) is 39.3 Å². The predicted octanol–water partition coefficient (Wildman–Crippen LogP) is 1.89. The fraction of sp³-hybridized carbons (Fsp3) is 0.737. The van der Waals surface area contributed by atoms with E-state index in [0.717, 1.165) is 31.7 Å². The minimum atomic E-state index is -0.472. The predicted molar refractivity (Wildman–Crippen MR) is 104 cm³/mol. The molecule has 0 spiro atoms. The van der Waals surface area contributed by atoms with Crippen LogP contribution in [-0.2, 0) is 11.2 Å². The number of piperazine rings is 1. The largest absolute Gasteiger partial charge is 0.444 e. The highest BCUT2D eigenvalue weighted by Crippen LogP contribution is 2.11. The van der Waals surface area contributed by atoms with Crippen LogP contribution in [0.25, 0.3) is 0 Å². The van der Waals surface area contributed by atoms with Crippen LogP contribution in [0.15, 0.2) is 6.07 Å². The molecular formula is C19H33N5O3. The zero-order valence-corrected chi connectivity index (χ0v) is 17.2. The molecule has 27 heavy (non-hydrogen) atoms. The Kier molecular flexibility index (Phi) is 7.24. The molecule has 0 bridgehead atoms. The highest BCUT2D eigenvalue weighted by atomic mass is 16.6. The zero-order chi connectivity index (χ0) is 20.0. The molecule has 1 aromatic heterocycles. The molecule has 2 N–H and O–H groups in total. The normalized spacial score (nSPS) is 15.9. The van der Waals surface area contributed by atoms with E-state index < -0.39 is 5.60 Å². The average molecular weight is 380 g/mol. The lowest BCUT2D eigenvalue weighted by atomic mass is 10.1. The number of carbonyl (C=O) groups excluding carboxylic acids is 2. The number of hydrogen-bond donors (Lipinski definition) is 2. The lowest BCUT2D eigenvalue weighted by Crippen LogP contribution is -2.51. The van der Waals surface area contributed by atoms with Crippen LogP contribution >= 0.6 is 0 Å². The molecule has 2 amide bonds. The van der Waals surface area contributed by atoms with E-state index in [9.17, 15) is 9.59 Å². The Morgan fingerprint density at radius 1 is 1.26 bits per heavy atom. The standard InChI is InChI=1S/C19H33N5O3/c1-14(2)12-15-13-16(22-21-15)17(25)20-6-7-23-8-10-24(11-9-23)18(26)27-19(3,4)5/h13-14H,6-12H2,1-5H3,(H,20,25)(H,21,22). The Balaban J connectivity index is 1.67. The maximum Gasteiger partial charge on any atom is 0.410 e. The molecule has 0 atom stereocenters. The summed E-state index contributed by atoms with van der Waals surface area (Å²) >= 11 is 0. The molecule has 1 saturated heterocycles. The van der Waals surface area contributed by atoms with Crippen molar-refractivity contribution in [3.05, 3.63) is 17.5 Å². The minimum Gasteiger partial charge on any atom is -0.444 e. The number of hydrogen-bond acceptors (Lipinski definition) is 5. The SMILES string of the molecule is CC(C)Cc1cc(C(=O)NCCN2CCN(C(=O)OC(C)(C)C)CC2)n[nH]1. The maximum atomic E-state index is 12.2. The summed E-state index contributed by atoms with van der Waals surface area (Å²) in [4.78, 5) is 28.2. The summed E-state index contributed by atoms with van der Waals surface area (Å²) in [6, 6.07) is 1.81. The molecule has 152 valence electrons. The van der Waals surface area contributed by atoms with E-state index in [1.54, 1.807) is 4.90 Å². The first-order chi connectivity index (χ1) is 12.6. The number of rotatable bonds is 6. The molecule has 1 aliphatic rings. The number of aromatic nitrogens is 2. The zero-order valence-electron chi connectivity index (χ0n) is 17.2. The van der Waals surface area contributed by atoms with Crippen molar-refractivity contribution in [3.8, 4) is 0 Å². The van der Waals surface area contributed by atoms with Gasteiger partial charge in [0.15, 0.2) is 0 Å². The van der Waals surface area contributed by atoms with Gasteiger partial charge in [-0.1, -0.05) is 13.8 Å². The highest BCUT2D eigenvalue weighted by Gasteiger charge is 2.25. The molecule has 0 saturated carbocycles. The summed E-state index contributed by atoms with van der Waals surface area (Å²) in [6.07, 6.45) is 0.619. The third-order valence-corrected chi connectivity index (χ3v) is 4.23. The van der Waals surface area contributed by atoms with Crippen molar-refractivity contribution >= 4 is 12.0 Å². The van der Waals surface area contributed by atoms with Crippen LogP contribution < -0.4 is 5.32 Å². The molecule has 1 aliphatic heterocycles. The van der Waals surface area contributed by atoms with E-state index in [1.807, 2.05) is 26.8 Å². The number of carbonyl (C=O) groups is 2. The van der Waals surface area contributed by atoms with Crippen molar-refractivity contribution < 1.29 is 14.3 Å². The molecule has 8 heteroatoms. The molecular weight excluding hydrogens is 346 g/mol. The quantitative estimate of drug-likeness (QED) is 0.788. The number of ether oxygens (including phenoxy) is 1. The average Bonchev–Trinajstić information content (AvgIpc) is 3.01. The van der Waals surface area contributed by atoms with E-state index in [1.165, 1.54) is 0 Å². The van der Waals surface area contributed by atoms with Gasteiger partial charge in [-0.15, -0.1) is 0 Å². The summed E-state index contributed by atoms with van der Waals surface area (Å²) in [5.41, 5.74) is 0.939. The summed E-state index contributed by atoms with van der Waals surface area (Å²) in [6.45, 7) is 14.0. The van der Waals surface area contributed by atoms with Crippen LogP contribution in [0.4, 0.5) is 4.79 Å². The first-order valence-electron chi connectivity index (χ1n) is 9.67. The molecule has 1 fully saturated rings. The Labute approximate surface area is 161 Å². The van der Waals surface area contributed by atoms with Gasteiger partial charge in [0.1, 0.15) is 11.3 Å². The van der Waals surface area contributed by atoms with E-state index in [4.69, 9.17) is 4.74 Å². The van der Waals surface area contributed by atoms with Gasteiger partial charge < -0.3 is 15.0 Å². The first kappa shape index (κ1) is 21.2. The second-order valence-electron chi connectivity index (χ2n) is 8.44. The van der Waals surface area contributed by atoms with Gasteiger partial charge in [0, 0.05) is 45.0 Å². The van der Waals surface area contributed by atoms with Crippen molar-refractivity contribution in [1.82, 2.24) is 25.3 Å². The monoisotopic (exact) mass is 379 g/mol. The van der Waals surface area contributed by atoms with Gasteiger partial charge in [-0.2, -0.15) is 5.10 Å². The third-order valence-electron chi connectivity index (χ3n) is 4.23. The molecule has 0 radical (unpaired) electrons. The van der Waals surface area contributed by atoms with Gasteiger partial charge in [0.2, 0.25) is 0 Å². The first-order valence-corrected chi connectivity index (χ1v) is 9.67. The molecule has 0 aromatic carbocycles. The fourth-order valence-electron chi connectivity index (χ4n) is 2.92. The van der Waals surface area contributed by atoms with Crippen molar-refractivity contribution in [1.29, 1.82) is 0 Å². The highest BCUT2D eigenvalue weighted by molar-refractivity contribution is 5.92. The van der Waals surface area contributed by atoms with Crippen LogP contribution in [0.1, 0.15) is 50.8 Å². The van der Waals surface area contributed by atoms with Crippen LogP contribution in [-0.4, -0.2) is 76.9 Å². The van der Waals surface area contributed by atoms with Crippen LogP contribution in [0.3, 0.4) is 0 Å². The maximum absolute atomic E-state index is 12.2. The Bertz CT molecular complexity index is 628. The summed E-state index contributed by atoms with van der Waals surface area (Å²) in [5, 5.41) is 9.91. The van der Waals surface area contributed by atoms with Crippen LogP contribution in [0.5, 0.6) is 0 Å². The topological polar surface area (TPSA) is 90.6 Å². The molecule has 2 heterocycles. The molecule has 0 aliphatic carbocycles. The fourth-order valence-corrected chi connectivity index (χ4v) is 2.92. The van der Waals surface area contributed by atoms with Gasteiger partial charge in [-0.25, -0.2) is 4.79 Å². The van der Waals surface area contributed by atoms with Crippen molar-refractivity contribution in [2.45, 2.75) is 46.6 Å². The smallest absolute Gasteiger partial charge is 0.410 e. The number of aromatic amines is 1. The van der Waals surface area contributed by atoms with E-state index in [-0.39, 0.29) is 12.0 Å². The third kappa shape index (κ3) is 7.21. The minimum absolute atomic E-state index is 0.159. The number of amides is 2. The van der Waals surface area contributed by atoms with Gasteiger partial charge in [0.05, 0.1) is 0 Å². The Morgan fingerprint density at radius 3 is 2.52 bits per heavy atom. The molecule has 8 nitrogen and oxygen atoms in total. The number of nitrogens with one attached hydrogen (secondary N) is 2. The number of H-pyrrole nitrogens is 1. The summed E-state index contributed by atoms with van der Waals surface area (Å²) in [5.74, 6) is 0.356. The van der Waals surface area contributed by atoms with Crippen molar-refractivity contribution in [3.63, 3.8) is 0 Å². The lowest BCUT2D eigenvalue weighted by Gasteiger charge is -2.35. The van der Waals surface area contributed by atoms with E-state index >= 15 is 0 Å². The summed E-state index contributed by atoms with van der Waals surface area (Å²) in [7, 11) is 0. The van der Waals surface area contributed by atoms with Gasteiger partial charge in [-0.3, -0.25) is 14.8 Å². The second kappa shape index (κ2) is 9.21. The Morgan fingerprint density at radius 2 is 1.93 bits per heavy atom. The van der Waals surface area contributed by atoms with Crippen LogP contribution in [0, 0.1) is 5.92 Å². The number of nitrogens with zero attached hydrogens (tertiary/aromatic N) is 3. The van der Waals surface area contributed by atoms with Gasteiger partial charge >= 0.3 is 6.09 Å². The molecule has 1 aromatic rings. The second-order valence-corrected chi connectivity index (χ2v) is 8.44. The van der Waals surface area contributed by atoms with Gasteiger partial charge in [-0.05, 0) is 39.2 Å². The van der Waals surface area contributed by atoms with Gasteiger partial charge in [0.25, 0.3) is 5.91 Å². The molecule has 2 rings (SSSR count). The molecule has 0 unspecified atom stereocenters. The lowest BCUT2D eigenvalue weighted by molar-refractivity contribution is 0.0147. The van der Waals surface area contributed by atoms with E-state index in [2.05, 4.69) is 34.3 Å². The van der Waals surface area contributed by atoms with Crippen LogP contribution in [0.2, 0.25) is 0 Å². The summed E-state index contributed by atoms with van der Waals surface area (Å²) < 4.78 is 5.40. The van der Waals surface area contributed by atoms with Crippen molar-refractivity contribution in [2.24, 2.45) is 5.92 Å². The Hall–Kier alpha value is -2.09. The van der Waals surface area contributed by atoms with E-state index in [0.29, 0.717) is 31.2 Å².